The van der Waals surface area contributed by atoms with Gasteiger partial charge in [0.25, 0.3) is 5.89 Å². The van der Waals surface area contributed by atoms with Crippen molar-refractivity contribution in [1.82, 2.24) is 14.5 Å². The van der Waals surface area contributed by atoms with Crippen LogP contribution in [0, 0.1) is 12.7 Å². The molecule has 0 spiro atoms. The van der Waals surface area contributed by atoms with Gasteiger partial charge in [-0.2, -0.15) is 9.36 Å². The van der Waals surface area contributed by atoms with Gasteiger partial charge in [0.15, 0.2) is 11.6 Å². The largest absolute Gasteiger partial charge is 0.494 e. The van der Waals surface area contributed by atoms with E-state index in [-0.39, 0.29) is 11.6 Å². The number of methoxy groups -OCH3 is 1. The highest BCUT2D eigenvalue weighted by atomic mass is 32.1. The van der Waals surface area contributed by atoms with Gasteiger partial charge in [-0.25, -0.2) is 4.39 Å². The molecule has 0 saturated carbocycles. The van der Waals surface area contributed by atoms with Crippen LogP contribution in [0.1, 0.15) is 5.69 Å². The van der Waals surface area contributed by atoms with Crippen molar-refractivity contribution in [3.05, 3.63) is 29.7 Å². The van der Waals surface area contributed by atoms with Gasteiger partial charge in [-0.15, -0.1) is 0 Å². The standard InChI is InChI=1S/C13H11FN4O2S/c1-6-10(11(15)21-18-6)13-16-12(17-20-13)7-3-4-8(14)9(5-7)19-2/h3-5H,15H2,1-2H3. The van der Waals surface area contributed by atoms with E-state index in [1.165, 1.54) is 30.8 Å². The SMILES string of the molecule is COc1cc(-c2noc(-c3c(C)nsc3N)n2)ccc1F. The number of rotatable bonds is 3. The Morgan fingerprint density at radius 1 is 1.38 bits per heavy atom. The van der Waals surface area contributed by atoms with Gasteiger partial charge >= 0.3 is 0 Å². The van der Waals surface area contributed by atoms with Gasteiger partial charge < -0.3 is 15.0 Å². The molecule has 0 atom stereocenters. The summed E-state index contributed by atoms with van der Waals surface area (Å²) in [5.41, 5.74) is 7.79. The summed E-state index contributed by atoms with van der Waals surface area (Å²) in [6.07, 6.45) is 0. The number of nitrogens with zero attached hydrogens (tertiary/aromatic N) is 3. The topological polar surface area (TPSA) is 87.1 Å². The molecule has 3 aromatic rings. The molecular formula is C13H11FN4O2S. The lowest BCUT2D eigenvalue weighted by atomic mass is 10.2. The van der Waals surface area contributed by atoms with Crippen molar-refractivity contribution in [2.45, 2.75) is 6.92 Å². The predicted octanol–water partition coefficient (Wildman–Crippen LogP) is 2.90. The molecule has 0 radical (unpaired) electrons. The Morgan fingerprint density at radius 2 is 2.19 bits per heavy atom. The quantitative estimate of drug-likeness (QED) is 0.800. The lowest BCUT2D eigenvalue weighted by Gasteiger charge is -2.02. The molecule has 0 aliphatic carbocycles. The third-order valence-electron chi connectivity index (χ3n) is 2.94. The van der Waals surface area contributed by atoms with E-state index in [1.54, 1.807) is 6.07 Å². The molecule has 6 nitrogen and oxygen atoms in total. The van der Waals surface area contributed by atoms with E-state index in [1.807, 2.05) is 6.92 Å². The highest BCUT2D eigenvalue weighted by Crippen LogP contribution is 2.32. The molecule has 2 aromatic heterocycles. The van der Waals surface area contributed by atoms with E-state index in [9.17, 15) is 4.39 Å². The Balaban J connectivity index is 2.03. The molecule has 0 bridgehead atoms. The van der Waals surface area contributed by atoms with Crippen molar-refractivity contribution in [2.75, 3.05) is 12.8 Å². The molecular weight excluding hydrogens is 295 g/mol. The summed E-state index contributed by atoms with van der Waals surface area (Å²) in [7, 11) is 1.39. The van der Waals surface area contributed by atoms with Crippen molar-refractivity contribution < 1.29 is 13.7 Å². The Morgan fingerprint density at radius 3 is 2.86 bits per heavy atom. The van der Waals surface area contributed by atoms with Crippen LogP contribution >= 0.6 is 11.5 Å². The van der Waals surface area contributed by atoms with Gasteiger partial charge in [0.1, 0.15) is 5.00 Å². The van der Waals surface area contributed by atoms with Gasteiger partial charge in [0, 0.05) is 5.56 Å². The third kappa shape index (κ3) is 2.33. The summed E-state index contributed by atoms with van der Waals surface area (Å²) < 4.78 is 27.7. The number of nitrogens with two attached hydrogens (primary N) is 1. The molecule has 2 N–H and O–H groups in total. The molecule has 21 heavy (non-hydrogen) atoms. The fraction of sp³-hybridized carbons (Fsp3) is 0.154. The Kier molecular flexibility index (Phi) is 3.30. The number of hydrogen-bond acceptors (Lipinski definition) is 7. The number of ether oxygens (including phenoxy) is 1. The molecule has 2 heterocycles. The fourth-order valence-corrected chi connectivity index (χ4v) is 2.54. The van der Waals surface area contributed by atoms with Crippen LogP contribution in [0.15, 0.2) is 22.7 Å². The second-order valence-electron chi connectivity index (χ2n) is 4.28. The number of aryl methyl sites for hydroxylation is 1. The molecule has 8 heteroatoms. The number of hydrogen-bond donors (Lipinski definition) is 1. The zero-order valence-corrected chi connectivity index (χ0v) is 12.1. The zero-order chi connectivity index (χ0) is 15.0. The van der Waals surface area contributed by atoms with E-state index in [2.05, 4.69) is 14.5 Å². The summed E-state index contributed by atoms with van der Waals surface area (Å²) in [6.45, 7) is 1.81. The van der Waals surface area contributed by atoms with Crippen LogP contribution in [0.3, 0.4) is 0 Å². The first kappa shape index (κ1) is 13.5. The van der Waals surface area contributed by atoms with Gasteiger partial charge in [-0.1, -0.05) is 5.16 Å². The number of benzene rings is 1. The average molecular weight is 306 g/mol. The Bertz CT molecular complexity index is 780. The third-order valence-corrected chi connectivity index (χ3v) is 3.70. The van der Waals surface area contributed by atoms with Crippen molar-refractivity contribution >= 4 is 16.5 Å². The summed E-state index contributed by atoms with van der Waals surface area (Å²) in [4.78, 5) is 4.28. The van der Waals surface area contributed by atoms with Crippen molar-refractivity contribution in [1.29, 1.82) is 0 Å². The number of nitrogen functional groups attached to an aromatic ring is 1. The van der Waals surface area contributed by atoms with E-state index in [0.29, 0.717) is 22.0 Å². The first-order valence-electron chi connectivity index (χ1n) is 6.00. The van der Waals surface area contributed by atoms with Crippen LogP contribution in [-0.4, -0.2) is 21.6 Å². The molecule has 0 fully saturated rings. The fourth-order valence-electron chi connectivity index (χ4n) is 1.89. The van der Waals surface area contributed by atoms with Crippen LogP contribution in [0.25, 0.3) is 22.8 Å². The summed E-state index contributed by atoms with van der Waals surface area (Å²) >= 11 is 1.17. The number of halogens is 1. The van der Waals surface area contributed by atoms with Crippen molar-refractivity contribution in [3.8, 4) is 28.6 Å². The van der Waals surface area contributed by atoms with Crippen molar-refractivity contribution in [3.63, 3.8) is 0 Å². The van der Waals surface area contributed by atoms with E-state index in [0.717, 1.165) is 5.69 Å². The van der Waals surface area contributed by atoms with E-state index in [4.69, 9.17) is 15.0 Å². The minimum absolute atomic E-state index is 0.117. The maximum absolute atomic E-state index is 13.4. The summed E-state index contributed by atoms with van der Waals surface area (Å²) in [5.74, 6) is 0.282. The van der Waals surface area contributed by atoms with Gasteiger partial charge in [-0.05, 0) is 36.7 Å². The van der Waals surface area contributed by atoms with Crippen LogP contribution < -0.4 is 10.5 Å². The average Bonchev–Trinajstić information content (AvgIpc) is 3.06. The van der Waals surface area contributed by atoms with E-state index >= 15 is 0 Å². The monoisotopic (exact) mass is 306 g/mol. The molecule has 108 valence electrons. The van der Waals surface area contributed by atoms with Gasteiger partial charge in [0.05, 0.1) is 18.4 Å². The normalized spacial score (nSPS) is 10.8. The lowest BCUT2D eigenvalue weighted by molar-refractivity contribution is 0.386. The molecule has 0 unspecified atom stereocenters. The molecule has 1 aromatic carbocycles. The molecule has 0 aliphatic rings. The van der Waals surface area contributed by atoms with Gasteiger partial charge in [-0.3, -0.25) is 0 Å². The van der Waals surface area contributed by atoms with Crippen LogP contribution in [0.2, 0.25) is 0 Å². The molecule has 0 saturated heterocycles. The lowest BCUT2D eigenvalue weighted by Crippen LogP contribution is -1.90. The predicted molar refractivity (Wildman–Crippen MR) is 76.5 cm³/mol. The second-order valence-corrected chi connectivity index (χ2v) is 5.08. The number of aromatic nitrogens is 3. The second kappa shape index (κ2) is 5.13. The Hall–Kier alpha value is -2.48. The summed E-state index contributed by atoms with van der Waals surface area (Å²) in [5, 5.41) is 4.40. The van der Waals surface area contributed by atoms with Crippen LogP contribution in [0.4, 0.5) is 9.39 Å². The minimum Gasteiger partial charge on any atom is -0.494 e. The maximum Gasteiger partial charge on any atom is 0.263 e. The molecule has 3 rings (SSSR count). The smallest absolute Gasteiger partial charge is 0.263 e. The number of anilines is 1. The highest BCUT2D eigenvalue weighted by molar-refractivity contribution is 7.10. The maximum atomic E-state index is 13.4. The van der Waals surface area contributed by atoms with Crippen LogP contribution in [-0.2, 0) is 0 Å². The first-order valence-corrected chi connectivity index (χ1v) is 6.77. The summed E-state index contributed by atoms with van der Waals surface area (Å²) in [6, 6.07) is 4.34. The van der Waals surface area contributed by atoms with Crippen LogP contribution in [0.5, 0.6) is 5.75 Å². The minimum atomic E-state index is -0.452. The van der Waals surface area contributed by atoms with E-state index < -0.39 is 5.82 Å². The van der Waals surface area contributed by atoms with Crippen molar-refractivity contribution in [2.24, 2.45) is 0 Å². The molecule has 0 amide bonds. The van der Waals surface area contributed by atoms with Gasteiger partial charge in [0.2, 0.25) is 5.82 Å². The molecule has 0 aliphatic heterocycles. The zero-order valence-electron chi connectivity index (χ0n) is 11.3. The first-order chi connectivity index (χ1) is 10.1. The highest BCUT2D eigenvalue weighted by Gasteiger charge is 2.18. The Labute approximate surface area is 123 Å².